The van der Waals surface area contributed by atoms with Crippen LogP contribution in [0.25, 0.3) is 10.9 Å². The molecule has 6 heteroatoms. The van der Waals surface area contributed by atoms with Crippen molar-refractivity contribution >= 4 is 26.6 Å². The molecule has 1 saturated heterocycles. The largest absolute Gasteiger partial charge is 0.356 e. The lowest BCUT2D eigenvalue weighted by Crippen LogP contribution is -2.25. The van der Waals surface area contributed by atoms with Gasteiger partial charge in [-0.25, -0.2) is 18.4 Å². The van der Waals surface area contributed by atoms with Crippen LogP contribution in [0.15, 0.2) is 29.4 Å². The summed E-state index contributed by atoms with van der Waals surface area (Å²) in [5.74, 6) is 1.58. The Balaban J connectivity index is 2.08. The molecule has 1 unspecified atom stereocenters. The van der Waals surface area contributed by atoms with Crippen LogP contribution >= 0.6 is 0 Å². The summed E-state index contributed by atoms with van der Waals surface area (Å²) in [6.45, 7) is 4.19. The van der Waals surface area contributed by atoms with Gasteiger partial charge in [-0.2, -0.15) is 0 Å². The molecule has 1 atom stereocenters. The fraction of sp³-hybridized carbons (Fsp3) is 0.500. The van der Waals surface area contributed by atoms with Crippen LogP contribution in [0.2, 0.25) is 0 Å². The molecule has 0 saturated carbocycles. The molecular formula is C16H21N3O2S. The van der Waals surface area contributed by atoms with E-state index in [0.717, 1.165) is 48.6 Å². The Hall–Kier alpha value is -1.69. The van der Waals surface area contributed by atoms with E-state index in [1.807, 2.05) is 0 Å². The lowest BCUT2D eigenvalue weighted by molar-refractivity contribution is 0.521. The van der Waals surface area contributed by atoms with Crippen LogP contribution in [0.3, 0.4) is 0 Å². The maximum absolute atomic E-state index is 11.8. The van der Waals surface area contributed by atoms with Crippen molar-refractivity contribution in [2.45, 2.75) is 31.1 Å². The number of hydrogen-bond donors (Lipinski definition) is 0. The number of sulfone groups is 1. The highest BCUT2D eigenvalue weighted by Gasteiger charge is 2.18. The Morgan fingerprint density at radius 2 is 2.00 bits per heavy atom. The van der Waals surface area contributed by atoms with Gasteiger partial charge in [-0.15, -0.1) is 0 Å². The zero-order valence-electron chi connectivity index (χ0n) is 13.0. The molecule has 1 aliphatic heterocycles. The third-order valence-electron chi connectivity index (χ3n) is 4.33. The maximum Gasteiger partial charge on any atom is 0.175 e. The van der Waals surface area contributed by atoms with Crippen LogP contribution in [0.5, 0.6) is 0 Å². The number of benzene rings is 1. The molecule has 5 nitrogen and oxygen atoms in total. The molecule has 3 rings (SSSR count). The van der Waals surface area contributed by atoms with E-state index in [4.69, 9.17) is 0 Å². The predicted molar refractivity (Wildman–Crippen MR) is 87.9 cm³/mol. The van der Waals surface area contributed by atoms with E-state index < -0.39 is 9.84 Å². The molecule has 0 amide bonds. The number of fused-ring (bicyclic) bond motifs is 1. The van der Waals surface area contributed by atoms with Crippen molar-refractivity contribution in [2.24, 2.45) is 5.92 Å². The van der Waals surface area contributed by atoms with Crippen molar-refractivity contribution in [1.29, 1.82) is 0 Å². The highest BCUT2D eigenvalue weighted by atomic mass is 32.2. The van der Waals surface area contributed by atoms with Gasteiger partial charge in [-0.05, 0) is 43.4 Å². The fourth-order valence-electron chi connectivity index (χ4n) is 2.98. The van der Waals surface area contributed by atoms with Crippen molar-refractivity contribution in [3.05, 3.63) is 24.5 Å². The second-order valence-electron chi connectivity index (χ2n) is 6.17. The molecule has 1 aromatic heterocycles. The van der Waals surface area contributed by atoms with Crippen LogP contribution in [-0.2, 0) is 9.84 Å². The summed E-state index contributed by atoms with van der Waals surface area (Å²) in [7, 11) is -3.23. The van der Waals surface area contributed by atoms with Gasteiger partial charge in [-0.3, -0.25) is 0 Å². The summed E-state index contributed by atoms with van der Waals surface area (Å²) in [6, 6.07) is 5.07. The van der Waals surface area contributed by atoms with E-state index in [2.05, 4.69) is 21.8 Å². The predicted octanol–water partition coefficient (Wildman–Crippen LogP) is 2.66. The zero-order valence-corrected chi connectivity index (χ0v) is 13.8. The van der Waals surface area contributed by atoms with Gasteiger partial charge in [0, 0.05) is 24.7 Å². The van der Waals surface area contributed by atoms with Crippen LogP contribution in [0.1, 0.15) is 26.2 Å². The second-order valence-corrected chi connectivity index (χ2v) is 8.19. The molecular weight excluding hydrogens is 298 g/mol. The van der Waals surface area contributed by atoms with Gasteiger partial charge in [-0.1, -0.05) is 6.92 Å². The smallest absolute Gasteiger partial charge is 0.175 e. The first kappa shape index (κ1) is 15.2. The van der Waals surface area contributed by atoms with Crippen LogP contribution in [0.4, 0.5) is 5.82 Å². The minimum Gasteiger partial charge on any atom is -0.356 e. The number of rotatable bonds is 2. The highest BCUT2D eigenvalue weighted by molar-refractivity contribution is 7.90. The van der Waals surface area contributed by atoms with Gasteiger partial charge in [0.1, 0.15) is 12.1 Å². The molecule has 0 spiro atoms. The van der Waals surface area contributed by atoms with Crippen molar-refractivity contribution < 1.29 is 8.42 Å². The highest BCUT2D eigenvalue weighted by Crippen LogP contribution is 2.28. The lowest BCUT2D eigenvalue weighted by Gasteiger charge is -2.22. The van der Waals surface area contributed by atoms with Crippen molar-refractivity contribution in [3.8, 4) is 0 Å². The van der Waals surface area contributed by atoms with Gasteiger partial charge in [0.2, 0.25) is 0 Å². The summed E-state index contributed by atoms with van der Waals surface area (Å²) >= 11 is 0. The third-order valence-corrected chi connectivity index (χ3v) is 5.44. The molecule has 1 aliphatic rings. The molecule has 0 aliphatic carbocycles. The van der Waals surface area contributed by atoms with Gasteiger partial charge >= 0.3 is 0 Å². The first-order chi connectivity index (χ1) is 10.4. The first-order valence-electron chi connectivity index (χ1n) is 7.65. The number of aromatic nitrogens is 2. The lowest BCUT2D eigenvalue weighted by atomic mass is 10.0. The SMILES string of the molecule is CC1CCCN(c2ncnc3ccc(S(C)(=O)=O)cc23)CC1. The summed E-state index contributed by atoms with van der Waals surface area (Å²) in [5.41, 5.74) is 0.787. The maximum atomic E-state index is 11.8. The molecule has 118 valence electrons. The van der Waals surface area contributed by atoms with Crippen LogP contribution in [0, 0.1) is 5.92 Å². The average Bonchev–Trinajstić information content (AvgIpc) is 2.70. The summed E-state index contributed by atoms with van der Waals surface area (Å²) in [4.78, 5) is 11.3. The Kier molecular flexibility index (Phi) is 4.04. The number of nitrogens with zero attached hydrogens (tertiary/aromatic N) is 3. The van der Waals surface area contributed by atoms with Crippen molar-refractivity contribution in [3.63, 3.8) is 0 Å². The Morgan fingerprint density at radius 3 is 2.77 bits per heavy atom. The first-order valence-corrected chi connectivity index (χ1v) is 9.54. The molecule has 1 aromatic carbocycles. The quantitative estimate of drug-likeness (QED) is 0.851. The fourth-order valence-corrected chi connectivity index (χ4v) is 3.63. The normalized spacial score (nSPS) is 20.1. The molecule has 2 aromatic rings. The number of anilines is 1. The molecule has 22 heavy (non-hydrogen) atoms. The molecule has 0 bridgehead atoms. The molecule has 0 radical (unpaired) electrons. The minimum absolute atomic E-state index is 0.319. The van der Waals surface area contributed by atoms with Gasteiger partial charge in [0.05, 0.1) is 10.4 Å². The van der Waals surface area contributed by atoms with Gasteiger partial charge in [0.25, 0.3) is 0 Å². The Labute approximate surface area is 131 Å². The third kappa shape index (κ3) is 3.06. The Morgan fingerprint density at radius 1 is 1.18 bits per heavy atom. The van der Waals surface area contributed by atoms with Crippen molar-refractivity contribution in [2.75, 3.05) is 24.2 Å². The second kappa shape index (κ2) is 5.83. The van der Waals surface area contributed by atoms with E-state index in [9.17, 15) is 8.42 Å². The van der Waals surface area contributed by atoms with E-state index in [-0.39, 0.29) is 0 Å². The molecule has 2 heterocycles. The standard InChI is InChI=1S/C16H21N3O2S/c1-12-4-3-8-19(9-7-12)16-14-10-13(22(2,20)21)5-6-15(14)17-11-18-16/h5-6,10-12H,3-4,7-9H2,1-2H3. The van der Waals surface area contributed by atoms with E-state index in [1.54, 1.807) is 24.5 Å². The number of hydrogen-bond acceptors (Lipinski definition) is 5. The minimum atomic E-state index is -3.23. The zero-order chi connectivity index (χ0) is 15.7. The van der Waals surface area contributed by atoms with Gasteiger partial charge < -0.3 is 4.90 Å². The average molecular weight is 319 g/mol. The van der Waals surface area contributed by atoms with Crippen LogP contribution < -0.4 is 4.90 Å². The van der Waals surface area contributed by atoms with Gasteiger partial charge in [0.15, 0.2) is 9.84 Å². The van der Waals surface area contributed by atoms with E-state index in [1.165, 1.54) is 12.7 Å². The van der Waals surface area contributed by atoms with E-state index >= 15 is 0 Å². The van der Waals surface area contributed by atoms with Crippen LogP contribution in [-0.4, -0.2) is 37.7 Å². The molecule has 1 fully saturated rings. The summed E-state index contributed by atoms with van der Waals surface area (Å²) in [6.07, 6.45) is 6.29. The summed E-state index contributed by atoms with van der Waals surface area (Å²) < 4.78 is 23.6. The topological polar surface area (TPSA) is 63.2 Å². The molecule has 0 N–H and O–H groups in total. The van der Waals surface area contributed by atoms with Crippen molar-refractivity contribution in [1.82, 2.24) is 9.97 Å². The Bertz CT molecular complexity index is 789. The van der Waals surface area contributed by atoms with E-state index in [0.29, 0.717) is 4.90 Å². The monoisotopic (exact) mass is 319 g/mol. The summed E-state index contributed by atoms with van der Waals surface area (Å²) in [5, 5.41) is 0.819.